The number of aliphatic hydroxyl groups is 1. The molecule has 3 rings (SSSR count). The van der Waals surface area contributed by atoms with Gasteiger partial charge in [-0.25, -0.2) is 0 Å². The van der Waals surface area contributed by atoms with Gasteiger partial charge in [0.25, 0.3) is 0 Å². The Morgan fingerprint density at radius 1 is 1.12 bits per heavy atom. The van der Waals surface area contributed by atoms with Crippen LogP contribution in [0.4, 0.5) is 5.69 Å². The predicted molar refractivity (Wildman–Crippen MR) is 73.3 cm³/mol. The maximum absolute atomic E-state index is 10.1. The summed E-state index contributed by atoms with van der Waals surface area (Å²) in [4.78, 5) is 2.44. The lowest BCUT2D eigenvalue weighted by Gasteiger charge is -2.30. The van der Waals surface area contributed by atoms with Gasteiger partial charge in [-0.1, -0.05) is 6.07 Å². The molecule has 2 nitrogen and oxygen atoms in total. The number of hydrogen-bond acceptors (Lipinski definition) is 2. The van der Waals surface area contributed by atoms with E-state index in [-0.39, 0.29) is 0 Å². The maximum atomic E-state index is 10.1. The van der Waals surface area contributed by atoms with E-state index in [1.807, 2.05) is 0 Å². The molecule has 1 N–H and O–H groups in total. The first-order valence-corrected chi connectivity index (χ1v) is 7.26. The fraction of sp³-hybridized carbons (Fsp3) is 0.571. The minimum atomic E-state index is -0.525. The quantitative estimate of drug-likeness (QED) is 0.904. The van der Waals surface area contributed by atoms with Crippen LogP contribution in [0.2, 0.25) is 0 Å². The molecule has 3 heteroatoms. The van der Waals surface area contributed by atoms with Gasteiger partial charge < -0.3 is 10.0 Å². The molecular formula is C14H18BrNO. The molecule has 0 radical (unpaired) electrons. The summed E-state index contributed by atoms with van der Waals surface area (Å²) in [7, 11) is 0. The Kier molecular flexibility index (Phi) is 2.91. The number of benzene rings is 1. The highest BCUT2D eigenvalue weighted by molar-refractivity contribution is 9.10. The molecule has 2 fully saturated rings. The zero-order valence-electron chi connectivity index (χ0n) is 9.95. The fourth-order valence-electron chi connectivity index (χ4n) is 2.59. The van der Waals surface area contributed by atoms with Gasteiger partial charge in [0.05, 0.1) is 11.3 Å². The van der Waals surface area contributed by atoms with Crippen LogP contribution >= 0.6 is 15.9 Å². The summed E-state index contributed by atoms with van der Waals surface area (Å²) in [5, 5.41) is 10.1. The van der Waals surface area contributed by atoms with Gasteiger partial charge in [-0.15, -0.1) is 0 Å². The molecule has 1 aromatic rings. The first-order chi connectivity index (χ1) is 8.19. The highest BCUT2D eigenvalue weighted by Crippen LogP contribution is 2.46. The van der Waals surface area contributed by atoms with E-state index < -0.39 is 5.60 Å². The molecule has 0 amide bonds. The van der Waals surface area contributed by atoms with Crippen molar-refractivity contribution in [1.29, 1.82) is 0 Å². The van der Waals surface area contributed by atoms with Crippen LogP contribution in [0.5, 0.6) is 0 Å². The molecule has 0 spiro atoms. The highest BCUT2D eigenvalue weighted by Gasteiger charge is 2.42. The zero-order chi connectivity index (χ0) is 11.9. The maximum Gasteiger partial charge on any atom is 0.0899 e. The Morgan fingerprint density at radius 2 is 1.82 bits per heavy atom. The van der Waals surface area contributed by atoms with Crippen molar-refractivity contribution in [2.24, 2.45) is 0 Å². The van der Waals surface area contributed by atoms with Crippen LogP contribution in [-0.2, 0) is 5.60 Å². The summed E-state index contributed by atoms with van der Waals surface area (Å²) in [5.74, 6) is 0. The van der Waals surface area contributed by atoms with E-state index in [0.29, 0.717) is 0 Å². The molecule has 2 aliphatic rings. The van der Waals surface area contributed by atoms with E-state index in [1.165, 1.54) is 24.9 Å². The number of halogens is 1. The highest BCUT2D eigenvalue weighted by atomic mass is 79.9. The number of rotatable bonds is 2. The first-order valence-electron chi connectivity index (χ1n) is 6.46. The zero-order valence-corrected chi connectivity index (χ0v) is 11.5. The Labute approximate surface area is 111 Å². The number of anilines is 1. The van der Waals surface area contributed by atoms with Crippen molar-refractivity contribution >= 4 is 21.6 Å². The molecule has 1 aliphatic heterocycles. The molecular weight excluding hydrogens is 278 g/mol. The average molecular weight is 296 g/mol. The van der Waals surface area contributed by atoms with Gasteiger partial charge in [-0.2, -0.15) is 0 Å². The van der Waals surface area contributed by atoms with E-state index in [1.54, 1.807) is 0 Å². The number of piperidine rings is 1. The fourth-order valence-corrected chi connectivity index (χ4v) is 3.22. The van der Waals surface area contributed by atoms with E-state index in [9.17, 15) is 5.11 Å². The lowest BCUT2D eigenvalue weighted by atomic mass is 10.1. The van der Waals surface area contributed by atoms with Crippen molar-refractivity contribution in [3.8, 4) is 0 Å². The van der Waals surface area contributed by atoms with Crippen LogP contribution in [0.25, 0.3) is 0 Å². The third-order valence-corrected chi connectivity index (χ3v) is 4.54. The third kappa shape index (κ3) is 2.23. The van der Waals surface area contributed by atoms with Gasteiger partial charge in [0.2, 0.25) is 0 Å². The first kappa shape index (κ1) is 11.5. The second-order valence-corrected chi connectivity index (χ2v) is 6.10. The van der Waals surface area contributed by atoms with Crippen molar-refractivity contribution in [3.63, 3.8) is 0 Å². The van der Waals surface area contributed by atoms with Gasteiger partial charge in [0.1, 0.15) is 0 Å². The van der Waals surface area contributed by atoms with Gasteiger partial charge in [-0.05, 0) is 65.7 Å². The molecule has 1 aliphatic carbocycles. The summed E-state index contributed by atoms with van der Waals surface area (Å²) < 4.78 is 1.12. The molecule has 0 bridgehead atoms. The minimum Gasteiger partial charge on any atom is -0.385 e. The molecule has 1 aromatic carbocycles. The van der Waals surface area contributed by atoms with Crippen molar-refractivity contribution < 1.29 is 5.11 Å². The smallest absolute Gasteiger partial charge is 0.0899 e. The van der Waals surface area contributed by atoms with Crippen LogP contribution in [0.15, 0.2) is 22.7 Å². The Bertz CT molecular complexity index is 422. The van der Waals surface area contributed by atoms with Gasteiger partial charge in [0.15, 0.2) is 0 Å². The van der Waals surface area contributed by atoms with E-state index in [4.69, 9.17) is 0 Å². The van der Waals surface area contributed by atoms with Crippen molar-refractivity contribution in [2.45, 2.75) is 37.7 Å². The van der Waals surface area contributed by atoms with Gasteiger partial charge in [-0.3, -0.25) is 0 Å². The Hall–Kier alpha value is -0.540. The van der Waals surface area contributed by atoms with Crippen molar-refractivity contribution in [2.75, 3.05) is 18.0 Å². The largest absolute Gasteiger partial charge is 0.385 e. The van der Waals surface area contributed by atoms with Gasteiger partial charge in [0, 0.05) is 17.6 Å². The van der Waals surface area contributed by atoms with Crippen LogP contribution < -0.4 is 4.90 Å². The van der Waals surface area contributed by atoms with Crippen molar-refractivity contribution in [1.82, 2.24) is 0 Å². The van der Waals surface area contributed by atoms with Crippen molar-refractivity contribution in [3.05, 3.63) is 28.2 Å². The van der Waals surface area contributed by atoms with Crippen LogP contribution in [-0.4, -0.2) is 18.2 Å². The number of nitrogens with zero attached hydrogens (tertiary/aromatic N) is 1. The summed E-state index contributed by atoms with van der Waals surface area (Å²) in [6.07, 6.45) is 5.74. The lowest BCUT2D eigenvalue weighted by Crippen LogP contribution is -2.29. The van der Waals surface area contributed by atoms with E-state index in [2.05, 4.69) is 39.0 Å². The topological polar surface area (TPSA) is 23.5 Å². The molecule has 1 saturated heterocycles. The predicted octanol–water partition coefficient (Wildman–Crippen LogP) is 3.42. The monoisotopic (exact) mass is 295 g/mol. The average Bonchev–Trinajstić information content (AvgIpc) is 3.10. The van der Waals surface area contributed by atoms with Crippen LogP contribution in [0.1, 0.15) is 37.7 Å². The Balaban J connectivity index is 1.85. The summed E-state index contributed by atoms with van der Waals surface area (Å²) in [6.45, 7) is 2.31. The molecule has 0 atom stereocenters. The SMILES string of the molecule is OC1(c2ccc(N3CCCCC3)c(Br)c2)CC1. The molecule has 17 heavy (non-hydrogen) atoms. The minimum absolute atomic E-state index is 0.525. The second kappa shape index (κ2) is 4.29. The van der Waals surface area contributed by atoms with Gasteiger partial charge >= 0.3 is 0 Å². The standard InChI is InChI=1S/C14H18BrNO/c15-12-10-11(14(17)6-7-14)4-5-13(12)16-8-2-1-3-9-16/h4-5,10,17H,1-3,6-9H2. The molecule has 0 aromatic heterocycles. The Morgan fingerprint density at radius 3 is 2.41 bits per heavy atom. The summed E-state index contributed by atoms with van der Waals surface area (Å²) >= 11 is 3.65. The summed E-state index contributed by atoms with van der Waals surface area (Å²) in [6, 6.07) is 6.33. The lowest BCUT2D eigenvalue weighted by molar-refractivity contribution is 0.151. The van der Waals surface area contributed by atoms with E-state index >= 15 is 0 Å². The molecule has 0 unspecified atom stereocenters. The normalized spacial score (nSPS) is 22.6. The summed E-state index contributed by atoms with van der Waals surface area (Å²) in [5.41, 5.74) is 1.81. The van der Waals surface area contributed by atoms with Crippen LogP contribution in [0, 0.1) is 0 Å². The number of hydrogen-bond donors (Lipinski definition) is 1. The van der Waals surface area contributed by atoms with Crippen LogP contribution in [0.3, 0.4) is 0 Å². The molecule has 1 heterocycles. The third-order valence-electron chi connectivity index (χ3n) is 3.91. The molecule has 92 valence electrons. The second-order valence-electron chi connectivity index (χ2n) is 5.25. The van der Waals surface area contributed by atoms with E-state index in [0.717, 1.165) is 36.0 Å². The molecule has 1 saturated carbocycles.